The summed E-state index contributed by atoms with van der Waals surface area (Å²) in [7, 11) is 0.575. The number of piperidine rings is 1. The summed E-state index contributed by atoms with van der Waals surface area (Å²) in [6.45, 7) is 4.32. The van der Waals surface area contributed by atoms with Crippen LogP contribution in [0.2, 0.25) is 0 Å². The molecule has 302 valence electrons. The maximum Gasteiger partial charge on any atom is 0.305 e. The number of amides is 1. The molecule has 56 heavy (non-hydrogen) atoms. The average Bonchev–Trinajstić information content (AvgIpc) is 3.61. The van der Waals surface area contributed by atoms with E-state index in [1.165, 1.54) is 54.5 Å². The van der Waals surface area contributed by atoms with Crippen molar-refractivity contribution in [3.8, 4) is 0 Å². The van der Waals surface area contributed by atoms with Crippen LogP contribution < -0.4 is 4.90 Å². The van der Waals surface area contributed by atoms with Gasteiger partial charge in [0.1, 0.15) is 11.6 Å². The van der Waals surface area contributed by atoms with Crippen LogP contribution in [0.5, 0.6) is 0 Å². The molecule has 1 amide bonds. The average molecular weight is 795 g/mol. The van der Waals surface area contributed by atoms with Gasteiger partial charge in [0.05, 0.1) is 35.7 Å². The number of sulfone groups is 1. The van der Waals surface area contributed by atoms with Crippen molar-refractivity contribution >= 4 is 27.4 Å². The molecular formula is C43H53F3N4O5S. The van der Waals surface area contributed by atoms with Crippen molar-refractivity contribution in [2.45, 2.75) is 65.8 Å². The highest BCUT2D eigenvalue weighted by Gasteiger charge is 2.53. The number of esters is 1. The van der Waals surface area contributed by atoms with E-state index in [0.29, 0.717) is 25.1 Å². The van der Waals surface area contributed by atoms with Crippen molar-refractivity contribution in [3.05, 3.63) is 89.5 Å². The molecular weight excluding hydrogens is 742 g/mol. The number of hydrogen-bond acceptors (Lipinski definition) is 8. The van der Waals surface area contributed by atoms with Gasteiger partial charge >= 0.3 is 5.97 Å². The van der Waals surface area contributed by atoms with Crippen molar-refractivity contribution in [2.24, 2.45) is 17.8 Å². The minimum absolute atomic E-state index is 0.0171. The zero-order chi connectivity index (χ0) is 39.8. The zero-order valence-corrected chi connectivity index (χ0v) is 33.4. The Morgan fingerprint density at radius 1 is 0.875 bits per heavy atom. The van der Waals surface area contributed by atoms with Crippen LogP contribution in [-0.2, 0) is 24.8 Å². The van der Waals surface area contributed by atoms with E-state index in [2.05, 4.69) is 15.9 Å². The minimum Gasteiger partial charge on any atom is -0.469 e. The van der Waals surface area contributed by atoms with Crippen LogP contribution in [0.25, 0.3) is 0 Å². The lowest BCUT2D eigenvalue weighted by atomic mass is 9.56. The molecule has 0 unspecified atom stereocenters. The highest BCUT2D eigenvalue weighted by atomic mass is 32.2. The number of ether oxygens (including phenoxy) is 1. The summed E-state index contributed by atoms with van der Waals surface area (Å²) in [5.74, 6) is -0.953. The van der Waals surface area contributed by atoms with E-state index >= 15 is 13.2 Å². The van der Waals surface area contributed by atoms with Crippen molar-refractivity contribution in [3.63, 3.8) is 0 Å². The normalized spacial score (nSPS) is 22.9. The molecule has 1 saturated carbocycles. The zero-order valence-electron chi connectivity index (χ0n) is 32.6. The van der Waals surface area contributed by atoms with Crippen LogP contribution in [0.4, 0.5) is 18.9 Å². The van der Waals surface area contributed by atoms with Crippen LogP contribution in [0.3, 0.4) is 0 Å². The molecule has 0 radical (unpaired) electrons. The summed E-state index contributed by atoms with van der Waals surface area (Å²) in [6.07, 6.45) is 6.01. The third-order valence-electron chi connectivity index (χ3n) is 12.9. The van der Waals surface area contributed by atoms with Gasteiger partial charge in [-0.05, 0) is 136 Å². The summed E-state index contributed by atoms with van der Waals surface area (Å²) in [5, 5.41) is 0. The maximum atomic E-state index is 16.3. The smallest absolute Gasteiger partial charge is 0.305 e. The van der Waals surface area contributed by atoms with Gasteiger partial charge in [0.2, 0.25) is 9.84 Å². The minimum atomic E-state index is -4.06. The molecule has 0 N–H and O–H groups in total. The molecule has 3 aromatic rings. The SMILES string of the molecule is COC(=O)C[C@H]1CCC[C@@H]1[C@](CN1CCC1)(c1cccc(F)c1)C1CCN(CC2(F)CN(c3ccc(S(=O)(=O)c4ccc(C(=O)N(C)C)cc4)cc3F)C2)CC1. The van der Waals surface area contributed by atoms with E-state index in [-0.39, 0.29) is 76.0 Å². The number of halogens is 3. The molecule has 1 aliphatic carbocycles. The first kappa shape index (κ1) is 40.3. The summed E-state index contributed by atoms with van der Waals surface area (Å²) < 4.78 is 78.5. The lowest BCUT2D eigenvalue weighted by Gasteiger charge is -2.54. The van der Waals surface area contributed by atoms with Gasteiger partial charge in [0.25, 0.3) is 5.91 Å². The molecule has 3 heterocycles. The molecule has 4 aliphatic rings. The van der Waals surface area contributed by atoms with E-state index in [1.54, 1.807) is 31.1 Å². The fourth-order valence-corrected chi connectivity index (χ4v) is 11.3. The lowest BCUT2D eigenvalue weighted by molar-refractivity contribution is -0.142. The van der Waals surface area contributed by atoms with Crippen LogP contribution in [-0.4, -0.2) is 114 Å². The first-order chi connectivity index (χ1) is 26.7. The topological polar surface area (TPSA) is 90.5 Å². The van der Waals surface area contributed by atoms with E-state index in [1.807, 2.05) is 0 Å². The number of carbonyl (C=O) groups excluding carboxylic acids is 2. The van der Waals surface area contributed by atoms with Gasteiger partial charge in [0.15, 0.2) is 5.67 Å². The van der Waals surface area contributed by atoms with E-state index in [0.717, 1.165) is 69.8 Å². The standard InChI is InChI=1S/C43H53F3N4O5S/c1-47(2)41(52)30-11-13-35(14-12-30)56(53,54)36-15-16-39(38(45)25-36)50-27-42(46,28-50)26-49-21-17-32(18-22-49)43(29-48-19-6-20-48,33-8-5-9-34(44)24-33)37-10-4-7-31(37)23-40(51)55-3/h5,8-9,11-16,24-25,31-32,37H,4,6-7,10,17-23,26-29H2,1-3H3/t31-,37+,43+/m1/s1. The Labute approximate surface area is 328 Å². The number of methoxy groups -OCH3 is 1. The number of nitrogens with zero attached hydrogens (tertiary/aromatic N) is 4. The Kier molecular flexibility index (Phi) is 11.6. The van der Waals surface area contributed by atoms with Crippen LogP contribution >= 0.6 is 0 Å². The van der Waals surface area contributed by atoms with Gasteiger partial charge in [-0.25, -0.2) is 21.6 Å². The van der Waals surface area contributed by atoms with Gasteiger partial charge in [-0.3, -0.25) is 14.5 Å². The molecule has 3 saturated heterocycles. The molecule has 0 bridgehead atoms. The second kappa shape index (κ2) is 16.1. The predicted octanol–water partition coefficient (Wildman–Crippen LogP) is 6.36. The maximum absolute atomic E-state index is 16.3. The van der Waals surface area contributed by atoms with Gasteiger partial charge in [-0.15, -0.1) is 0 Å². The van der Waals surface area contributed by atoms with Crippen molar-refractivity contribution in [1.82, 2.24) is 14.7 Å². The molecule has 3 atom stereocenters. The Hall–Kier alpha value is -3.94. The third-order valence-corrected chi connectivity index (χ3v) is 14.7. The Morgan fingerprint density at radius 2 is 1.57 bits per heavy atom. The molecule has 3 aromatic carbocycles. The number of benzene rings is 3. The highest BCUT2D eigenvalue weighted by molar-refractivity contribution is 7.91. The largest absolute Gasteiger partial charge is 0.469 e. The Bertz CT molecular complexity index is 2010. The molecule has 7 rings (SSSR count). The fraction of sp³-hybridized carbons (Fsp3) is 0.535. The van der Waals surface area contributed by atoms with Crippen LogP contribution in [0.15, 0.2) is 76.5 Å². The summed E-state index contributed by atoms with van der Waals surface area (Å²) >= 11 is 0. The molecule has 3 aliphatic heterocycles. The van der Waals surface area contributed by atoms with Crippen LogP contribution in [0.1, 0.15) is 60.9 Å². The number of carbonyl (C=O) groups is 2. The molecule has 0 spiro atoms. The number of alkyl halides is 1. The quantitative estimate of drug-likeness (QED) is 0.185. The molecule has 4 fully saturated rings. The first-order valence-electron chi connectivity index (χ1n) is 19.8. The van der Waals surface area contributed by atoms with E-state index in [9.17, 15) is 18.0 Å². The van der Waals surface area contributed by atoms with Gasteiger partial charge < -0.3 is 19.4 Å². The summed E-state index contributed by atoms with van der Waals surface area (Å²) in [6, 6.07) is 16.3. The Balaban J connectivity index is 1.02. The lowest BCUT2D eigenvalue weighted by Crippen LogP contribution is -2.65. The first-order valence-corrected chi connectivity index (χ1v) is 21.3. The number of likely N-dealkylation sites (tertiary alicyclic amines) is 2. The van der Waals surface area contributed by atoms with E-state index in [4.69, 9.17) is 4.74 Å². The summed E-state index contributed by atoms with van der Waals surface area (Å²) in [4.78, 5) is 32.1. The highest BCUT2D eigenvalue weighted by Crippen LogP contribution is 2.54. The third kappa shape index (κ3) is 7.96. The van der Waals surface area contributed by atoms with Crippen molar-refractivity contribution in [2.75, 3.05) is 78.5 Å². The summed E-state index contributed by atoms with van der Waals surface area (Å²) in [5.41, 5.74) is -0.454. The molecule has 9 nitrogen and oxygen atoms in total. The second-order valence-electron chi connectivity index (χ2n) is 16.7. The molecule has 13 heteroatoms. The number of rotatable bonds is 13. The number of hydrogen-bond donors (Lipinski definition) is 0. The molecule has 0 aromatic heterocycles. The van der Waals surface area contributed by atoms with E-state index < -0.39 is 21.3 Å². The van der Waals surface area contributed by atoms with Crippen molar-refractivity contribution < 1.29 is 35.9 Å². The van der Waals surface area contributed by atoms with Crippen LogP contribution in [0, 0.1) is 29.4 Å². The van der Waals surface area contributed by atoms with Crippen molar-refractivity contribution in [1.29, 1.82) is 0 Å². The predicted molar refractivity (Wildman–Crippen MR) is 208 cm³/mol. The second-order valence-corrected chi connectivity index (χ2v) is 18.6. The van der Waals surface area contributed by atoms with Gasteiger partial charge in [-0.1, -0.05) is 18.6 Å². The van der Waals surface area contributed by atoms with Gasteiger partial charge in [-0.2, -0.15) is 0 Å². The monoisotopic (exact) mass is 794 g/mol. The number of anilines is 1. The fourth-order valence-electron chi connectivity index (χ4n) is 10.0. The Morgan fingerprint density at radius 3 is 2.18 bits per heavy atom. The van der Waals surface area contributed by atoms with Gasteiger partial charge in [0, 0.05) is 44.6 Å².